The summed E-state index contributed by atoms with van der Waals surface area (Å²) in [6, 6.07) is 1.21. The average Bonchev–Trinajstić information content (AvgIpc) is 2.55. The lowest BCUT2D eigenvalue weighted by Crippen LogP contribution is -2.35. The predicted octanol–water partition coefficient (Wildman–Crippen LogP) is 0.585. The van der Waals surface area contributed by atoms with E-state index in [1.54, 1.807) is 0 Å². The van der Waals surface area contributed by atoms with Crippen molar-refractivity contribution in [2.45, 2.75) is 45.2 Å². The molecular formula is C12H25N3O. The van der Waals surface area contributed by atoms with E-state index in [4.69, 9.17) is 0 Å². The number of nitrogens with zero attached hydrogens (tertiary/aromatic N) is 1. The molecule has 16 heavy (non-hydrogen) atoms. The van der Waals surface area contributed by atoms with Crippen LogP contribution in [0, 0.1) is 0 Å². The number of carbonyl (C=O) groups is 1. The first-order valence-electron chi connectivity index (χ1n) is 6.33. The zero-order valence-electron chi connectivity index (χ0n) is 10.8. The molecule has 94 valence electrons. The third-order valence-electron chi connectivity index (χ3n) is 3.24. The number of nitrogens with one attached hydrogen (secondary N) is 2. The van der Waals surface area contributed by atoms with Crippen LogP contribution in [0.3, 0.4) is 0 Å². The zero-order chi connectivity index (χ0) is 12.0. The van der Waals surface area contributed by atoms with Crippen molar-refractivity contribution in [2.75, 3.05) is 26.7 Å². The summed E-state index contributed by atoms with van der Waals surface area (Å²) in [7, 11) is 2.15. The Balaban J connectivity index is 2.05. The first-order valence-corrected chi connectivity index (χ1v) is 6.33. The number of likely N-dealkylation sites (tertiary alicyclic amines) is 1. The molecule has 2 N–H and O–H groups in total. The van der Waals surface area contributed by atoms with Crippen molar-refractivity contribution in [2.24, 2.45) is 0 Å². The second-order valence-electron chi connectivity index (χ2n) is 4.78. The highest BCUT2D eigenvalue weighted by atomic mass is 16.1. The van der Waals surface area contributed by atoms with Gasteiger partial charge in [-0.15, -0.1) is 0 Å². The van der Waals surface area contributed by atoms with E-state index in [1.165, 1.54) is 6.42 Å². The van der Waals surface area contributed by atoms with Crippen molar-refractivity contribution < 1.29 is 4.79 Å². The summed E-state index contributed by atoms with van der Waals surface area (Å²) in [6.07, 6.45) is 2.78. The minimum atomic E-state index is 0.161. The molecule has 0 bridgehead atoms. The Bertz CT molecular complexity index is 210. The van der Waals surface area contributed by atoms with E-state index in [0.717, 1.165) is 26.1 Å². The Morgan fingerprint density at radius 2 is 2.19 bits per heavy atom. The van der Waals surface area contributed by atoms with Crippen LogP contribution in [0.4, 0.5) is 0 Å². The molecule has 0 aromatic rings. The Hall–Kier alpha value is -0.610. The van der Waals surface area contributed by atoms with Gasteiger partial charge in [0.2, 0.25) is 5.91 Å². The number of hydrogen-bond acceptors (Lipinski definition) is 3. The molecule has 1 saturated heterocycles. The van der Waals surface area contributed by atoms with Crippen LogP contribution in [-0.2, 0) is 4.79 Å². The molecule has 2 atom stereocenters. The third kappa shape index (κ3) is 4.49. The molecule has 4 heteroatoms. The van der Waals surface area contributed by atoms with Gasteiger partial charge in [-0.2, -0.15) is 0 Å². The molecule has 0 saturated carbocycles. The number of rotatable bonds is 6. The van der Waals surface area contributed by atoms with Gasteiger partial charge < -0.3 is 15.5 Å². The maximum Gasteiger partial charge on any atom is 0.221 e. The van der Waals surface area contributed by atoms with Gasteiger partial charge >= 0.3 is 0 Å². The van der Waals surface area contributed by atoms with Crippen LogP contribution in [0.15, 0.2) is 0 Å². The quantitative estimate of drug-likeness (QED) is 0.698. The number of amides is 1. The van der Waals surface area contributed by atoms with E-state index in [-0.39, 0.29) is 5.91 Å². The van der Waals surface area contributed by atoms with Crippen LogP contribution in [0.2, 0.25) is 0 Å². The summed E-state index contributed by atoms with van der Waals surface area (Å²) < 4.78 is 0. The first-order chi connectivity index (χ1) is 7.63. The molecule has 1 heterocycles. The van der Waals surface area contributed by atoms with E-state index in [0.29, 0.717) is 18.5 Å². The molecular weight excluding hydrogens is 202 g/mol. The Morgan fingerprint density at radius 1 is 1.44 bits per heavy atom. The molecule has 0 spiro atoms. The molecule has 2 unspecified atom stereocenters. The number of likely N-dealkylation sites (N-methyl/N-ethyl adjacent to an activating group) is 1. The predicted molar refractivity (Wildman–Crippen MR) is 66.4 cm³/mol. The molecule has 0 aromatic heterocycles. The van der Waals surface area contributed by atoms with Crippen molar-refractivity contribution in [3.8, 4) is 0 Å². The van der Waals surface area contributed by atoms with Crippen LogP contribution in [0.25, 0.3) is 0 Å². The van der Waals surface area contributed by atoms with Gasteiger partial charge in [0, 0.05) is 38.1 Å². The lowest BCUT2D eigenvalue weighted by molar-refractivity contribution is -0.121. The second-order valence-corrected chi connectivity index (χ2v) is 4.78. The van der Waals surface area contributed by atoms with E-state index in [1.807, 2.05) is 0 Å². The van der Waals surface area contributed by atoms with Gasteiger partial charge in [0.25, 0.3) is 0 Å². The van der Waals surface area contributed by atoms with Gasteiger partial charge in [0.05, 0.1) is 0 Å². The monoisotopic (exact) mass is 227 g/mol. The van der Waals surface area contributed by atoms with Gasteiger partial charge in [-0.1, -0.05) is 6.92 Å². The lowest BCUT2D eigenvalue weighted by atomic mass is 10.2. The second kappa shape index (κ2) is 6.86. The van der Waals surface area contributed by atoms with Gasteiger partial charge in [-0.25, -0.2) is 0 Å². The van der Waals surface area contributed by atoms with E-state index < -0.39 is 0 Å². The topological polar surface area (TPSA) is 44.4 Å². The van der Waals surface area contributed by atoms with Gasteiger partial charge in [0.1, 0.15) is 0 Å². The fourth-order valence-electron chi connectivity index (χ4n) is 2.08. The van der Waals surface area contributed by atoms with E-state index in [9.17, 15) is 4.79 Å². The maximum absolute atomic E-state index is 11.3. The largest absolute Gasteiger partial charge is 0.356 e. The van der Waals surface area contributed by atoms with Gasteiger partial charge in [0.15, 0.2) is 0 Å². The van der Waals surface area contributed by atoms with Crippen molar-refractivity contribution >= 4 is 5.91 Å². The Labute approximate surface area is 98.8 Å². The zero-order valence-corrected chi connectivity index (χ0v) is 10.8. The molecule has 0 radical (unpaired) electrons. The molecule has 1 rings (SSSR count). The van der Waals surface area contributed by atoms with Gasteiger partial charge in [-0.3, -0.25) is 4.79 Å². The smallest absolute Gasteiger partial charge is 0.221 e. The highest BCUT2D eigenvalue weighted by Crippen LogP contribution is 2.14. The summed E-state index contributed by atoms with van der Waals surface area (Å²) in [5, 5.41) is 6.33. The number of carbonyl (C=O) groups excluding carboxylic acids is 1. The van der Waals surface area contributed by atoms with Crippen molar-refractivity contribution in [1.82, 2.24) is 15.5 Å². The standard InChI is InChI=1S/C12H25N3O/c1-4-6-14-12(16)5-7-13-11-8-10(2)15(3)9-11/h10-11,13H,4-9H2,1-3H3,(H,14,16). The lowest BCUT2D eigenvalue weighted by Gasteiger charge is -2.13. The highest BCUT2D eigenvalue weighted by Gasteiger charge is 2.25. The molecule has 0 aliphatic carbocycles. The summed E-state index contributed by atoms with van der Waals surface area (Å²) in [5.41, 5.74) is 0. The summed E-state index contributed by atoms with van der Waals surface area (Å²) in [5.74, 6) is 0.161. The highest BCUT2D eigenvalue weighted by molar-refractivity contribution is 5.75. The fourth-order valence-corrected chi connectivity index (χ4v) is 2.08. The number of hydrogen-bond donors (Lipinski definition) is 2. The first kappa shape index (κ1) is 13.5. The average molecular weight is 227 g/mol. The van der Waals surface area contributed by atoms with Crippen molar-refractivity contribution in [3.63, 3.8) is 0 Å². The van der Waals surface area contributed by atoms with Crippen molar-refractivity contribution in [3.05, 3.63) is 0 Å². The van der Waals surface area contributed by atoms with Crippen LogP contribution in [0.1, 0.15) is 33.1 Å². The van der Waals surface area contributed by atoms with Crippen LogP contribution in [0.5, 0.6) is 0 Å². The van der Waals surface area contributed by atoms with E-state index >= 15 is 0 Å². The molecule has 1 fully saturated rings. The Morgan fingerprint density at radius 3 is 2.75 bits per heavy atom. The van der Waals surface area contributed by atoms with Crippen molar-refractivity contribution in [1.29, 1.82) is 0 Å². The molecule has 1 aliphatic heterocycles. The molecule has 4 nitrogen and oxygen atoms in total. The molecule has 1 aliphatic rings. The SMILES string of the molecule is CCCNC(=O)CCNC1CC(C)N(C)C1. The normalized spacial score (nSPS) is 25.9. The fraction of sp³-hybridized carbons (Fsp3) is 0.917. The summed E-state index contributed by atoms with van der Waals surface area (Å²) in [6.45, 7) is 6.99. The van der Waals surface area contributed by atoms with Crippen LogP contribution < -0.4 is 10.6 Å². The maximum atomic E-state index is 11.3. The molecule has 1 amide bonds. The Kier molecular flexibility index (Phi) is 5.77. The molecule has 0 aromatic carbocycles. The van der Waals surface area contributed by atoms with E-state index in [2.05, 4.69) is 36.4 Å². The van der Waals surface area contributed by atoms with Crippen LogP contribution >= 0.6 is 0 Å². The summed E-state index contributed by atoms with van der Waals surface area (Å²) >= 11 is 0. The third-order valence-corrected chi connectivity index (χ3v) is 3.24. The van der Waals surface area contributed by atoms with Gasteiger partial charge in [-0.05, 0) is 26.8 Å². The summed E-state index contributed by atoms with van der Waals surface area (Å²) in [4.78, 5) is 13.7. The van der Waals surface area contributed by atoms with Crippen LogP contribution in [-0.4, -0.2) is 49.6 Å². The minimum absolute atomic E-state index is 0.161. The minimum Gasteiger partial charge on any atom is -0.356 e.